The van der Waals surface area contributed by atoms with E-state index in [0.29, 0.717) is 25.6 Å². The summed E-state index contributed by atoms with van der Waals surface area (Å²) in [6.07, 6.45) is 2.18. The first kappa shape index (κ1) is 18.1. The third-order valence-electron chi connectivity index (χ3n) is 4.88. The van der Waals surface area contributed by atoms with Crippen LogP contribution in [0.4, 0.5) is 0 Å². The van der Waals surface area contributed by atoms with Gasteiger partial charge >= 0.3 is 0 Å². The normalized spacial score (nSPS) is 19.2. The number of carbonyl (C=O) groups excluding carboxylic acids is 1. The molecular formula is C19H21BrN2O3S. The number of aromatic nitrogens is 1. The maximum Gasteiger partial charge on any atom is 0.228 e. The Balaban J connectivity index is 1.32. The molecule has 2 fully saturated rings. The zero-order valence-corrected chi connectivity index (χ0v) is 16.8. The molecule has 2 aliphatic rings. The third-order valence-corrected chi connectivity index (χ3v) is 6.31. The highest BCUT2D eigenvalue weighted by molar-refractivity contribution is 9.10. The molecule has 2 saturated heterocycles. The van der Waals surface area contributed by atoms with Gasteiger partial charge in [-0.1, -0.05) is 28.1 Å². The molecule has 0 aliphatic carbocycles. The van der Waals surface area contributed by atoms with Gasteiger partial charge in [-0.2, -0.15) is 0 Å². The van der Waals surface area contributed by atoms with E-state index in [0.717, 1.165) is 46.7 Å². The minimum absolute atomic E-state index is 0.0708. The molecule has 7 heteroatoms. The van der Waals surface area contributed by atoms with Crippen LogP contribution in [0.25, 0.3) is 10.6 Å². The Morgan fingerprint density at radius 2 is 2.04 bits per heavy atom. The Labute approximate surface area is 165 Å². The van der Waals surface area contributed by atoms with Crippen molar-refractivity contribution >= 4 is 33.2 Å². The van der Waals surface area contributed by atoms with E-state index in [2.05, 4.69) is 20.9 Å². The van der Waals surface area contributed by atoms with Gasteiger partial charge in [-0.05, 0) is 25.0 Å². The summed E-state index contributed by atoms with van der Waals surface area (Å²) in [4.78, 5) is 19.2. The van der Waals surface area contributed by atoms with Crippen LogP contribution in [0.15, 0.2) is 34.1 Å². The Bertz CT molecular complexity index is 768. The zero-order valence-electron chi connectivity index (χ0n) is 14.4. The molecule has 2 aromatic rings. The van der Waals surface area contributed by atoms with Gasteiger partial charge in [0.05, 0.1) is 25.3 Å². The first-order valence-corrected chi connectivity index (χ1v) is 10.6. The number of hydrogen-bond donors (Lipinski definition) is 0. The first-order valence-electron chi connectivity index (χ1n) is 8.90. The molecule has 138 valence electrons. The van der Waals surface area contributed by atoms with Crippen molar-refractivity contribution in [1.82, 2.24) is 9.88 Å². The van der Waals surface area contributed by atoms with Crippen LogP contribution < -0.4 is 0 Å². The molecule has 0 atom stereocenters. The van der Waals surface area contributed by atoms with Crippen molar-refractivity contribution in [2.45, 2.75) is 25.6 Å². The number of amides is 1. The predicted molar refractivity (Wildman–Crippen MR) is 104 cm³/mol. The van der Waals surface area contributed by atoms with E-state index in [9.17, 15) is 4.79 Å². The molecule has 26 heavy (non-hydrogen) atoms. The van der Waals surface area contributed by atoms with Gasteiger partial charge < -0.3 is 14.4 Å². The van der Waals surface area contributed by atoms with Crippen LogP contribution in [0.3, 0.4) is 0 Å². The van der Waals surface area contributed by atoms with Gasteiger partial charge in [0.25, 0.3) is 0 Å². The van der Waals surface area contributed by atoms with Crippen LogP contribution >= 0.6 is 27.3 Å². The lowest BCUT2D eigenvalue weighted by Gasteiger charge is -2.33. The van der Waals surface area contributed by atoms with Gasteiger partial charge in [0.1, 0.15) is 5.01 Å². The summed E-state index contributed by atoms with van der Waals surface area (Å²) >= 11 is 5.07. The molecule has 5 nitrogen and oxygen atoms in total. The second kappa shape index (κ2) is 8.17. The van der Waals surface area contributed by atoms with Gasteiger partial charge in [0.2, 0.25) is 5.91 Å². The Hall–Kier alpha value is -1.28. The maximum absolute atomic E-state index is 12.6. The number of halogens is 1. The van der Waals surface area contributed by atoms with Crippen LogP contribution in [0.5, 0.6) is 0 Å². The van der Waals surface area contributed by atoms with Crippen LogP contribution in [0.2, 0.25) is 0 Å². The number of rotatable bonds is 4. The summed E-state index contributed by atoms with van der Waals surface area (Å²) < 4.78 is 12.2. The highest BCUT2D eigenvalue weighted by Crippen LogP contribution is 2.28. The number of carbonyl (C=O) groups is 1. The number of hydrogen-bond acceptors (Lipinski definition) is 5. The molecule has 0 spiro atoms. The summed E-state index contributed by atoms with van der Waals surface area (Å²) in [5.41, 5.74) is 1.92. The lowest BCUT2D eigenvalue weighted by Crippen LogP contribution is -2.42. The minimum Gasteiger partial charge on any atom is -0.350 e. The van der Waals surface area contributed by atoms with E-state index >= 15 is 0 Å². The quantitative estimate of drug-likeness (QED) is 0.732. The molecule has 1 amide bonds. The number of piperidine rings is 1. The zero-order chi connectivity index (χ0) is 17.9. The smallest absolute Gasteiger partial charge is 0.228 e. The van der Waals surface area contributed by atoms with Gasteiger partial charge in [0, 0.05) is 34.4 Å². The van der Waals surface area contributed by atoms with Crippen molar-refractivity contribution in [3.63, 3.8) is 0 Å². The maximum atomic E-state index is 12.6. The van der Waals surface area contributed by atoms with Gasteiger partial charge in [-0.25, -0.2) is 4.98 Å². The number of thiazole rings is 1. The number of nitrogens with zero attached hydrogens (tertiary/aromatic N) is 2. The molecule has 0 saturated carbocycles. The molecule has 0 N–H and O–H groups in total. The average molecular weight is 437 g/mol. The highest BCUT2D eigenvalue weighted by atomic mass is 79.9. The molecule has 0 bridgehead atoms. The summed E-state index contributed by atoms with van der Waals surface area (Å²) in [6.45, 7) is 2.92. The Kier molecular flexibility index (Phi) is 5.69. The van der Waals surface area contributed by atoms with Gasteiger partial charge in [-0.15, -0.1) is 11.3 Å². The Morgan fingerprint density at radius 1 is 1.27 bits per heavy atom. The fourth-order valence-electron chi connectivity index (χ4n) is 3.48. The van der Waals surface area contributed by atoms with E-state index in [-0.39, 0.29) is 12.2 Å². The second-order valence-corrected chi connectivity index (χ2v) is 8.43. The van der Waals surface area contributed by atoms with Gasteiger partial charge in [-0.3, -0.25) is 4.79 Å². The molecular weight excluding hydrogens is 416 g/mol. The minimum atomic E-state index is -0.0708. The van der Waals surface area contributed by atoms with Crippen LogP contribution in [0.1, 0.15) is 18.5 Å². The molecule has 0 radical (unpaired) electrons. The SMILES string of the molecule is O=C(Cc1csc(-c2cccc(Br)c2)n1)N1CCC(C2OCCO2)CC1. The van der Waals surface area contributed by atoms with Crippen molar-refractivity contribution in [2.24, 2.45) is 5.92 Å². The Morgan fingerprint density at radius 3 is 2.77 bits per heavy atom. The van der Waals surface area contributed by atoms with Crippen LogP contribution in [-0.2, 0) is 20.7 Å². The number of likely N-dealkylation sites (tertiary alicyclic amines) is 1. The lowest BCUT2D eigenvalue weighted by molar-refractivity contribution is -0.136. The van der Waals surface area contributed by atoms with E-state index < -0.39 is 0 Å². The fraction of sp³-hybridized carbons (Fsp3) is 0.474. The third kappa shape index (κ3) is 4.17. The van der Waals surface area contributed by atoms with Crippen molar-refractivity contribution < 1.29 is 14.3 Å². The summed E-state index contributed by atoms with van der Waals surface area (Å²) in [7, 11) is 0. The largest absolute Gasteiger partial charge is 0.350 e. The molecule has 1 aromatic carbocycles. The molecule has 4 rings (SSSR count). The van der Waals surface area contributed by atoms with Crippen molar-refractivity contribution in [3.05, 3.63) is 39.8 Å². The van der Waals surface area contributed by atoms with Crippen molar-refractivity contribution in [3.8, 4) is 10.6 Å². The number of benzene rings is 1. The summed E-state index contributed by atoms with van der Waals surface area (Å²) in [5, 5.41) is 2.93. The van der Waals surface area contributed by atoms with Crippen molar-refractivity contribution in [1.29, 1.82) is 0 Å². The molecule has 0 unspecified atom stereocenters. The first-order chi connectivity index (χ1) is 12.7. The monoisotopic (exact) mass is 436 g/mol. The van der Waals surface area contributed by atoms with Crippen LogP contribution in [0, 0.1) is 5.92 Å². The fourth-order valence-corrected chi connectivity index (χ4v) is 4.69. The summed E-state index contributed by atoms with van der Waals surface area (Å²) in [5.74, 6) is 0.562. The topological polar surface area (TPSA) is 51.7 Å². The van der Waals surface area contributed by atoms with E-state index in [4.69, 9.17) is 9.47 Å². The van der Waals surface area contributed by atoms with E-state index in [1.165, 1.54) is 0 Å². The molecule has 2 aliphatic heterocycles. The molecule has 1 aromatic heterocycles. The lowest BCUT2D eigenvalue weighted by atomic mass is 9.96. The standard InChI is InChI=1S/C19H21BrN2O3S/c20-15-3-1-2-14(10-15)18-21-16(12-26-18)11-17(23)22-6-4-13(5-7-22)19-24-8-9-25-19/h1-3,10,12-13,19H,4-9,11H2. The molecule has 3 heterocycles. The number of ether oxygens (including phenoxy) is 2. The van der Waals surface area contributed by atoms with Gasteiger partial charge in [0.15, 0.2) is 6.29 Å². The van der Waals surface area contributed by atoms with Crippen LogP contribution in [-0.4, -0.2) is 48.4 Å². The van der Waals surface area contributed by atoms with Crippen molar-refractivity contribution in [2.75, 3.05) is 26.3 Å². The average Bonchev–Trinajstić information content (AvgIpc) is 3.34. The van der Waals surface area contributed by atoms with E-state index in [1.807, 2.05) is 34.5 Å². The van der Waals surface area contributed by atoms with E-state index in [1.54, 1.807) is 11.3 Å². The summed E-state index contributed by atoms with van der Waals surface area (Å²) in [6, 6.07) is 8.07. The second-order valence-electron chi connectivity index (χ2n) is 6.66. The predicted octanol–water partition coefficient (Wildman–Crippen LogP) is 3.73. The highest BCUT2D eigenvalue weighted by Gasteiger charge is 2.31.